The van der Waals surface area contributed by atoms with E-state index in [2.05, 4.69) is 11.4 Å². The summed E-state index contributed by atoms with van der Waals surface area (Å²) >= 11 is 6.24. The van der Waals surface area contributed by atoms with Crippen molar-refractivity contribution in [1.29, 1.82) is 0 Å². The maximum Gasteiger partial charge on any atom is 0.289 e. The molecule has 0 saturated carbocycles. The number of carbonyl (C=O) groups excluding carboxylic acids is 1. The van der Waals surface area contributed by atoms with Crippen molar-refractivity contribution in [1.82, 2.24) is 5.32 Å². The lowest BCUT2D eigenvalue weighted by molar-refractivity contribution is 0.265. The number of fused-ring (bicyclic) bond motifs is 1. The molecular formula is C15H11NO2S2. The van der Waals surface area contributed by atoms with E-state index in [1.165, 1.54) is 0 Å². The lowest BCUT2D eigenvalue weighted by atomic mass is 10.1. The Labute approximate surface area is 126 Å². The summed E-state index contributed by atoms with van der Waals surface area (Å²) in [7, 11) is 1.65. The van der Waals surface area contributed by atoms with Gasteiger partial charge in [-0.15, -0.1) is 0 Å². The van der Waals surface area contributed by atoms with Crippen molar-refractivity contribution in [2.45, 2.75) is 0 Å². The summed E-state index contributed by atoms with van der Waals surface area (Å²) in [4.78, 5) is 12.5. The average Bonchev–Trinajstić information content (AvgIpc) is 2.76. The van der Waals surface area contributed by atoms with Crippen LogP contribution in [-0.2, 0) is 0 Å². The smallest absolute Gasteiger partial charge is 0.289 e. The van der Waals surface area contributed by atoms with Gasteiger partial charge in [0.2, 0.25) is 0 Å². The van der Waals surface area contributed by atoms with Crippen molar-refractivity contribution in [2.24, 2.45) is 0 Å². The van der Waals surface area contributed by atoms with E-state index in [-0.39, 0.29) is 5.24 Å². The molecule has 0 aromatic heterocycles. The van der Waals surface area contributed by atoms with Crippen LogP contribution in [0, 0.1) is 0 Å². The quantitative estimate of drug-likeness (QED) is 0.673. The highest BCUT2D eigenvalue weighted by atomic mass is 32.2. The van der Waals surface area contributed by atoms with E-state index in [0.717, 1.165) is 38.8 Å². The Morgan fingerprint density at radius 2 is 1.95 bits per heavy atom. The predicted molar refractivity (Wildman–Crippen MR) is 87.2 cm³/mol. The minimum Gasteiger partial charge on any atom is -0.497 e. The number of carbonyl (C=O) groups is 1. The van der Waals surface area contributed by atoms with Gasteiger partial charge in [0, 0.05) is 0 Å². The van der Waals surface area contributed by atoms with Crippen molar-refractivity contribution in [3.63, 3.8) is 0 Å². The van der Waals surface area contributed by atoms with Crippen LogP contribution in [0.3, 0.4) is 0 Å². The topological polar surface area (TPSA) is 38.3 Å². The number of hydrogen-bond donors (Lipinski definition) is 1. The van der Waals surface area contributed by atoms with Gasteiger partial charge >= 0.3 is 0 Å². The van der Waals surface area contributed by atoms with Crippen molar-refractivity contribution in [3.05, 3.63) is 46.9 Å². The zero-order valence-corrected chi connectivity index (χ0v) is 12.3. The van der Waals surface area contributed by atoms with Gasteiger partial charge in [0.05, 0.1) is 12.0 Å². The van der Waals surface area contributed by atoms with E-state index in [1.807, 2.05) is 36.4 Å². The molecule has 3 nitrogen and oxygen atoms in total. The normalized spacial score (nSPS) is 16.8. The molecule has 20 heavy (non-hydrogen) atoms. The largest absolute Gasteiger partial charge is 0.497 e. The first-order chi connectivity index (χ1) is 9.65. The van der Waals surface area contributed by atoms with Crippen LogP contribution >= 0.6 is 24.0 Å². The van der Waals surface area contributed by atoms with Crippen LogP contribution < -0.4 is 10.1 Å². The van der Waals surface area contributed by atoms with Crippen LogP contribution in [0.2, 0.25) is 0 Å². The van der Waals surface area contributed by atoms with E-state index in [4.69, 9.17) is 17.0 Å². The summed E-state index contributed by atoms with van der Waals surface area (Å²) in [6, 6.07) is 12.0. The summed E-state index contributed by atoms with van der Waals surface area (Å²) in [5, 5.41) is 4.72. The number of rotatable bonds is 2. The molecule has 2 aromatic rings. The Morgan fingerprint density at radius 1 is 1.20 bits per heavy atom. The molecule has 100 valence electrons. The van der Waals surface area contributed by atoms with E-state index in [0.29, 0.717) is 4.99 Å². The van der Waals surface area contributed by atoms with Gasteiger partial charge in [-0.2, -0.15) is 0 Å². The van der Waals surface area contributed by atoms with Crippen LogP contribution in [0.1, 0.15) is 5.56 Å². The SMILES string of the molecule is COc1ccc2cc(C=C3SC(=O)NC3=S)ccc2c1. The monoisotopic (exact) mass is 301 g/mol. The minimum atomic E-state index is -0.119. The molecule has 2 aromatic carbocycles. The summed E-state index contributed by atoms with van der Waals surface area (Å²) in [6.45, 7) is 0. The Hall–Kier alpha value is -1.85. The van der Waals surface area contributed by atoms with Crippen LogP contribution in [0.4, 0.5) is 4.79 Å². The molecule has 1 N–H and O–H groups in total. The summed E-state index contributed by atoms with van der Waals surface area (Å²) < 4.78 is 5.21. The highest BCUT2D eigenvalue weighted by Crippen LogP contribution is 2.28. The van der Waals surface area contributed by atoms with Crippen LogP contribution in [0.5, 0.6) is 5.75 Å². The van der Waals surface area contributed by atoms with Crippen LogP contribution in [0.25, 0.3) is 16.8 Å². The number of benzene rings is 2. The second-order valence-electron chi connectivity index (χ2n) is 4.32. The van der Waals surface area contributed by atoms with E-state index in [9.17, 15) is 4.79 Å². The summed E-state index contributed by atoms with van der Waals surface area (Å²) in [5.41, 5.74) is 1.02. The number of thiocarbonyl (C=S) groups is 1. The number of amides is 1. The lowest BCUT2D eigenvalue weighted by Crippen LogP contribution is -2.15. The maximum absolute atomic E-state index is 11.2. The summed E-state index contributed by atoms with van der Waals surface area (Å²) in [6.07, 6.45) is 1.93. The molecule has 0 spiro atoms. The standard InChI is InChI=1S/C15H11NO2S2/c1-18-12-5-4-10-6-9(2-3-11(10)8-12)7-13-14(19)16-15(17)20-13/h2-8H,1H3,(H,16,17,19). The maximum atomic E-state index is 11.2. The van der Waals surface area contributed by atoms with Crippen molar-refractivity contribution < 1.29 is 9.53 Å². The molecule has 0 radical (unpaired) electrons. The molecule has 1 amide bonds. The van der Waals surface area contributed by atoms with Crippen molar-refractivity contribution >= 4 is 51.1 Å². The van der Waals surface area contributed by atoms with Crippen molar-refractivity contribution in [2.75, 3.05) is 7.11 Å². The predicted octanol–water partition coefficient (Wildman–Crippen LogP) is 3.97. The number of methoxy groups -OCH3 is 1. The lowest BCUT2D eigenvalue weighted by Gasteiger charge is -2.04. The first kappa shape index (κ1) is 13.1. The Kier molecular flexibility index (Phi) is 3.46. The molecule has 0 atom stereocenters. The molecule has 1 saturated heterocycles. The molecule has 1 aliphatic heterocycles. The summed E-state index contributed by atoms with van der Waals surface area (Å²) in [5.74, 6) is 0.839. The number of nitrogens with one attached hydrogen (secondary N) is 1. The van der Waals surface area contributed by atoms with Gasteiger partial charge in [-0.05, 0) is 52.4 Å². The fourth-order valence-electron chi connectivity index (χ4n) is 2.03. The van der Waals surface area contributed by atoms with E-state index < -0.39 is 0 Å². The third kappa shape index (κ3) is 2.55. The molecule has 3 rings (SSSR count). The zero-order valence-electron chi connectivity index (χ0n) is 10.7. The molecule has 1 fully saturated rings. The Morgan fingerprint density at radius 3 is 2.65 bits per heavy atom. The first-order valence-corrected chi connectivity index (χ1v) is 7.21. The fraction of sp³-hybridized carbons (Fsp3) is 0.0667. The van der Waals surface area contributed by atoms with Gasteiger partial charge in [0.25, 0.3) is 5.24 Å². The van der Waals surface area contributed by atoms with Gasteiger partial charge in [0.1, 0.15) is 10.7 Å². The van der Waals surface area contributed by atoms with Crippen LogP contribution in [0.15, 0.2) is 41.3 Å². The number of thioether (sulfide) groups is 1. The first-order valence-electron chi connectivity index (χ1n) is 5.98. The number of hydrogen-bond acceptors (Lipinski definition) is 4. The second kappa shape index (κ2) is 5.26. The second-order valence-corrected chi connectivity index (χ2v) is 5.75. The molecule has 0 unspecified atom stereocenters. The van der Waals surface area contributed by atoms with Crippen molar-refractivity contribution in [3.8, 4) is 5.75 Å². The highest BCUT2D eigenvalue weighted by Gasteiger charge is 2.21. The number of ether oxygens (including phenoxy) is 1. The van der Waals surface area contributed by atoms with Gasteiger partial charge in [-0.3, -0.25) is 4.79 Å². The third-order valence-corrected chi connectivity index (χ3v) is 4.29. The highest BCUT2D eigenvalue weighted by molar-refractivity contribution is 8.19. The molecular weight excluding hydrogens is 290 g/mol. The van der Waals surface area contributed by atoms with Gasteiger partial charge in [-0.25, -0.2) is 0 Å². The van der Waals surface area contributed by atoms with Gasteiger partial charge < -0.3 is 10.1 Å². The minimum absolute atomic E-state index is 0.119. The zero-order chi connectivity index (χ0) is 14.1. The fourth-order valence-corrected chi connectivity index (χ4v) is 3.06. The molecule has 1 aliphatic rings. The van der Waals surface area contributed by atoms with Gasteiger partial charge in [-0.1, -0.05) is 30.4 Å². The van der Waals surface area contributed by atoms with E-state index in [1.54, 1.807) is 7.11 Å². The molecule has 5 heteroatoms. The Balaban J connectivity index is 1.99. The molecule has 1 heterocycles. The van der Waals surface area contributed by atoms with Gasteiger partial charge in [0.15, 0.2) is 0 Å². The van der Waals surface area contributed by atoms with Crippen LogP contribution in [-0.4, -0.2) is 17.3 Å². The van der Waals surface area contributed by atoms with E-state index >= 15 is 0 Å². The third-order valence-electron chi connectivity index (χ3n) is 3.01. The average molecular weight is 301 g/mol. The molecule has 0 bridgehead atoms. The Bertz CT molecular complexity index is 753. The molecule has 0 aliphatic carbocycles.